The van der Waals surface area contributed by atoms with E-state index in [4.69, 9.17) is 14.5 Å². The molecule has 1 atom stereocenters. The van der Waals surface area contributed by atoms with Gasteiger partial charge in [0.05, 0.1) is 42.2 Å². The third-order valence-corrected chi connectivity index (χ3v) is 6.87. The van der Waals surface area contributed by atoms with Crippen LogP contribution in [0.4, 0.5) is 0 Å². The topological polar surface area (TPSA) is 120 Å². The van der Waals surface area contributed by atoms with Crippen LogP contribution in [0.15, 0.2) is 54.1 Å². The van der Waals surface area contributed by atoms with E-state index in [1.807, 2.05) is 28.8 Å². The minimum Gasteiger partial charge on any atom is -0.493 e. The van der Waals surface area contributed by atoms with Gasteiger partial charge in [0.1, 0.15) is 12.4 Å². The van der Waals surface area contributed by atoms with Crippen molar-refractivity contribution >= 4 is 16.9 Å². The van der Waals surface area contributed by atoms with E-state index < -0.39 is 11.6 Å². The van der Waals surface area contributed by atoms with E-state index in [2.05, 4.69) is 9.97 Å². The average molecular weight is 487 g/mol. The average Bonchev–Trinajstić information content (AvgIpc) is 3.26. The van der Waals surface area contributed by atoms with E-state index in [0.717, 1.165) is 35.2 Å². The zero-order valence-corrected chi connectivity index (χ0v) is 19.7. The number of aryl methyl sites for hydroxylation is 1. The fraction of sp³-hybridized carbons (Fsp3) is 0.308. The molecule has 10 nitrogen and oxygen atoms in total. The molecule has 10 heteroatoms. The number of ether oxygens (including phenoxy) is 2. The van der Waals surface area contributed by atoms with Crippen LogP contribution in [0.3, 0.4) is 0 Å². The Balaban J connectivity index is 1.29. The van der Waals surface area contributed by atoms with Gasteiger partial charge >= 0.3 is 5.97 Å². The second-order valence-corrected chi connectivity index (χ2v) is 9.04. The van der Waals surface area contributed by atoms with Crippen molar-refractivity contribution in [2.75, 3.05) is 6.61 Å². The van der Waals surface area contributed by atoms with Crippen molar-refractivity contribution in [2.24, 2.45) is 0 Å². The number of fused-ring (bicyclic) bond motifs is 5. The Morgan fingerprint density at radius 3 is 2.83 bits per heavy atom. The van der Waals surface area contributed by atoms with Crippen molar-refractivity contribution in [3.05, 3.63) is 76.4 Å². The molecule has 182 valence electrons. The first-order valence-electron chi connectivity index (χ1n) is 11.9. The van der Waals surface area contributed by atoms with Crippen molar-refractivity contribution in [3.63, 3.8) is 0 Å². The quantitative estimate of drug-likeness (QED) is 0.218. The third-order valence-electron chi connectivity index (χ3n) is 6.87. The third kappa shape index (κ3) is 3.53. The maximum Gasteiger partial charge on any atom is 0.343 e. The number of esters is 1. The van der Waals surface area contributed by atoms with Gasteiger partial charge in [-0.2, -0.15) is 0 Å². The molecule has 0 bridgehead atoms. The maximum atomic E-state index is 13.3. The molecule has 0 amide bonds. The van der Waals surface area contributed by atoms with Gasteiger partial charge in [-0.25, -0.2) is 14.3 Å². The molecule has 6 rings (SSSR count). The number of benzene rings is 1. The van der Waals surface area contributed by atoms with Crippen LogP contribution in [0, 0.1) is 0 Å². The van der Waals surface area contributed by atoms with Crippen LogP contribution in [0.5, 0.6) is 5.75 Å². The van der Waals surface area contributed by atoms with Crippen LogP contribution in [-0.4, -0.2) is 37.2 Å². The van der Waals surface area contributed by atoms with Gasteiger partial charge in [-0.3, -0.25) is 4.79 Å². The molecule has 2 aliphatic heterocycles. The number of carbonyl (C=O) groups excluding carboxylic acids is 1. The lowest BCUT2D eigenvalue weighted by Crippen LogP contribution is -2.44. The van der Waals surface area contributed by atoms with Gasteiger partial charge in [0.25, 0.3) is 11.9 Å². The predicted molar refractivity (Wildman–Crippen MR) is 127 cm³/mol. The standard InChI is InChI=1S/C26H24N5O5/c1-2-26(34)20-10-22-23-17(11-31(22)24(32)19(20)12-36-25(26)33)8-16-9-18(4-5-21(16)29-23)35-7-3-6-30-14-27-13-28-15-30/h4-5,8-10,13-15,34H,2-3,6-7,11-12H2,1H3/q+1/t26-/m0/s1. The lowest BCUT2D eigenvalue weighted by molar-refractivity contribution is -0.703. The highest BCUT2D eigenvalue weighted by Crippen LogP contribution is 2.38. The number of hydrogen-bond acceptors (Lipinski definition) is 8. The van der Waals surface area contributed by atoms with Gasteiger partial charge in [0, 0.05) is 22.9 Å². The summed E-state index contributed by atoms with van der Waals surface area (Å²) in [4.78, 5) is 38.4. The van der Waals surface area contributed by atoms with Crippen LogP contribution in [0.2, 0.25) is 0 Å². The summed E-state index contributed by atoms with van der Waals surface area (Å²) >= 11 is 0. The van der Waals surface area contributed by atoms with Crippen molar-refractivity contribution in [1.82, 2.24) is 19.5 Å². The molecule has 36 heavy (non-hydrogen) atoms. The van der Waals surface area contributed by atoms with Gasteiger partial charge in [-0.15, -0.1) is 0 Å². The highest BCUT2D eigenvalue weighted by atomic mass is 16.6. The minimum atomic E-state index is -1.83. The number of aliphatic hydroxyl groups is 1. The molecule has 0 aliphatic carbocycles. The molecule has 2 aliphatic rings. The van der Waals surface area contributed by atoms with Gasteiger partial charge < -0.3 is 19.1 Å². The van der Waals surface area contributed by atoms with Gasteiger partial charge in [0.2, 0.25) is 12.7 Å². The molecule has 0 spiro atoms. The second-order valence-electron chi connectivity index (χ2n) is 9.04. The number of rotatable bonds is 6. The summed E-state index contributed by atoms with van der Waals surface area (Å²) in [6, 6.07) is 9.45. The summed E-state index contributed by atoms with van der Waals surface area (Å²) in [6.07, 6.45) is 5.86. The van der Waals surface area contributed by atoms with Crippen LogP contribution in [0.1, 0.15) is 36.5 Å². The maximum absolute atomic E-state index is 13.3. The Labute approximate surface area is 205 Å². The molecule has 0 saturated heterocycles. The van der Waals surface area contributed by atoms with Crippen molar-refractivity contribution in [1.29, 1.82) is 0 Å². The lowest BCUT2D eigenvalue weighted by atomic mass is 9.86. The number of pyridine rings is 2. The van der Waals surface area contributed by atoms with Gasteiger partial charge in [-0.05, 0) is 36.8 Å². The summed E-state index contributed by atoms with van der Waals surface area (Å²) in [5.41, 5.74) is 1.46. The predicted octanol–water partition coefficient (Wildman–Crippen LogP) is 1.63. The van der Waals surface area contributed by atoms with Crippen molar-refractivity contribution < 1.29 is 23.9 Å². The number of carbonyl (C=O) groups is 1. The fourth-order valence-electron chi connectivity index (χ4n) is 4.91. The lowest BCUT2D eigenvalue weighted by Gasteiger charge is -2.31. The molecule has 1 aromatic carbocycles. The highest BCUT2D eigenvalue weighted by molar-refractivity contribution is 5.87. The molecule has 5 heterocycles. The fourth-order valence-corrected chi connectivity index (χ4v) is 4.91. The Hall–Kier alpha value is -4.18. The summed E-state index contributed by atoms with van der Waals surface area (Å²) in [5.74, 6) is 0.0140. The number of aromatic nitrogens is 5. The molecular formula is C26H24N5O5+. The Morgan fingerprint density at radius 1 is 1.19 bits per heavy atom. The number of hydrogen-bond donors (Lipinski definition) is 1. The molecule has 0 radical (unpaired) electrons. The molecular weight excluding hydrogens is 462 g/mol. The van der Waals surface area contributed by atoms with Crippen LogP contribution in [-0.2, 0) is 34.8 Å². The van der Waals surface area contributed by atoms with Crippen LogP contribution < -0.4 is 14.9 Å². The monoisotopic (exact) mass is 486 g/mol. The van der Waals surface area contributed by atoms with E-state index in [1.165, 1.54) is 6.33 Å². The zero-order chi connectivity index (χ0) is 24.9. The summed E-state index contributed by atoms with van der Waals surface area (Å²) in [5, 5.41) is 11.9. The summed E-state index contributed by atoms with van der Waals surface area (Å²) in [7, 11) is 0. The first kappa shape index (κ1) is 22.3. The first-order valence-corrected chi connectivity index (χ1v) is 11.9. The first-order chi connectivity index (χ1) is 17.5. The molecule has 3 aromatic heterocycles. The Bertz CT molecular complexity index is 1570. The van der Waals surface area contributed by atoms with Crippen LogP contribution in [0.25, 0.3) is 22.3 Å². The Morgan fingerprint density at radius 2 is 2.03 bits per heavy atom. The molecule has 0 saturated carbocycles. The van der Waals surface area contributed by atoms with E-state index in [9.17, 15) is 14.7 Å². The smallest absolute Gasteiger partial charge is 0.343 e. The molecule has 0 fully saturated rings. The normalized spacial score (nSPS) is 17.9. The number of nitrogens with zero attached hydrogens (tertiary/aromatic N) is 5. The SMILES string of the molecule is CC[C@@]1(O)C(=O)OCc2c1cc1n(c2=O)Cc2cc3cc(OCCC[n+]4cncnc4)ccc3nc2-1. The molecule has 1 N–H and O–H groups in total. The molecule has 4 aromatic rings. The van der Waals surface area contributed by atoms with E-state index in [0.29, 0.717) is 35.7 Å². The second kappa shape index (κ2) is 8.49. The summed E-state index contributed by atoms with van der Waals surface area (Å²) < 4.78 is 14.6. The van der Waals surface area contributed by atoms with Crippen molar-refractivity contribution in [3.8, 4) is 17.1 Å². The Kier molecular flexibility index (Phi) is 5.26. The minimum absolute atomic E-state index is 0.111. The van der Waals surface area contributed by atoms with Crippen molar-refractivity contribution in [2.45, 2.75) is 45.1 Å². The van der Waals surface area contributed by atoms with E-state index >= 15 is 0 Å². The van der Waals surface area contributed by atoms with Gasteiger partial charge in [0.15, 0.2) is 5.60 Å². The highest BCUT2D eigenvalue weighted by Gasteiger charge is 2.45. The van der Waals surface area contributed by atoms with Crippen LogP contribution >= 0.6 is 0 Å². The zero-order valence-electron chi connectivity index (χ0n) is 19.7. The largest absolute Gasteiger partial charge is 0.493 e. The van der Waals surface area contributed by atoms with E-state index in [-0.39, 0.29) is 18.6 Å². The number of cyclic esters (lactones) is 1. The van der Waals surface area contributed by atoms with Gasteiger partial charge in [-0.1, -0.05) is 16.9 Å². The van der Waals surface area contributed by atoms with E-state index in [1.54, 1.807) is 30.2 Å². The summed E-state index contributed by atoms with van der Waals surface area (Å²) in [6.45, 7) is 3.20. The molecule has 0 unspecified atom stereocenters.